The van der Waals surface area contributed by atoms with Crippen LogP contribution in [0.2, 0.25) is 0 Å². The first-order valence-electron chi connectivity index (χ1n) is 15.2. The number of nitrogens with one attached hydrogen (secondary N) is 2. The molecule has 2 aromatic heterocycles. The number of benzene rings is 1. The van der Waals surface area contributed by atoms with Crippen molar-refractivity contribution in [2.45, 2.75) is 84.0 Å². The molecule has 1 aromatic carbocycles. The van der Waals surface area contributed by atoms with E-state index in [2.05, 4.69) is 22.5 Å². The zero-order valence-corrected chi connectivity index (χ0v) is 27.7. The summed E-state index contributed by atoms with van der Waals surface area (Å²) < 4.78 is 1.71. The maximum Gasteiger partial charge on any atom is 0.250 e. The van der Waals surface area contributed by atoms with Crippen LogP contribution in [0, 0.1) is 5.92 Å². The highest BCUT2D eigenvalue weighted by Crippen LogP contribution is 2.26. The molecule has 3 heterocycles. The van der Waals surface area contributed by atoms with Gasteiger partial charge >= 0.3 is 0 Å². The van der Waals surface area contributed by atoms with Crippen molar-refractivity contribution in [3.05, 3.63) is 70.8 Å². The van der Waals surface area contributed by atoms with E-state index in [0.717, 1.165) is 29.0 Å². The molecule has 2 atom stereocenters. The lowest BCUT2D eigenvalue weighted by Crippen LogP contribution is -2.59. The van der Waals surface area contributed by atoms with Gasteiger partial charge in [0.2, 0.25) is 24.1 Å². The normalized spacial score (nSPS) is 15.6. The molecule has 3 aromatic rings. The number of rotatable bonds is 12. The molecule has 12 heteroatoms. The van der Waals surface area contributed by atoms with Crippen molar-refractivity contribution in [2.75, 3.05) is 18.4 Å². The molecule has 1 saturated heterocycles. The van der Waals surface area contributed by atoms with Gasteiger partial charge in [-0.15, -0.1) is 0 Å². The third-order valence-corrected chi connectivity index (χ3v) is 8.54. The van der Waals surface area contributed by atoms with Gasteiger partial charge in [-0.25, -0.2) is 10.0 Å². The number of likely N-dealkylation sites (tertiary alicyclic amines) is 1. The Morgan fingerprint density at radius 3 is 2.40 bits per heavy atom. The van der Waals surface area contributed by atoms with Crippen LogP contribution in [0.4, 0.5) is 5.82 Å². The van der Waals surface area contributed by atoms with E-state index < -0.39 is 35.0 Å². The van der Waals surface area contributed by atoms with Crippen LogP contribution in [-0.2, 0) is 30.4 Å². The molecule has 4 rings (SSSR count). The van der Waals surface area contributed by atoms with Gasteiger partial charge in [0.1, 0.15) is 17.6 Å². The van der Waals surface area contributed by atoms with Crippen LogP contribution in [0.25, 0.3) is 0 Å². The highest BCUT2D eigenvalue weighted by atomic mass is 32.1. The molecule has 1 unspecified atom stereocenters. The Morgan fingerprint density at radius 2 is 1.80 bits per heavy atom. The maximum atomic E-state index is 13.8. The van der Waals surface area contributed by atoms with Crippen molar-refractivity contribution in [2.24, 2.45) is 5.92 Å². The van der Waals surface area contributed by atoms with E-state index in [9.17, 15) is 19.2 Å². The summed E-state index contributed by atoms with van der Waals surface area (Å²) in [4.78, 5) is 64.9. The van der Waals surface area contributed by atoms with E-state index in [1.165, 1.54) is 11.3 Å². The number of carbonyl (C=O) groups excluding carboxylic acids is 4. The second-order valence-electron chi connectivity index (χ2n) is 13.1. The number of nitrogens with zero attached hydrogens (tertiary/aromatic N) is 4. The minimum atomic E-state index is -1.42. The minimum Gasteiger partial charge on any atom is -0.342 e. The summed E-state index contributed by atoms with van der Waals surface area (Å²) in [5.74, 6) is -0.247. The number of hydrogen-bond donors (Lipinski definition) is 2. The zero-order valence-electron chi connectivity index (χ0n) is 26.9. The van der Waals surface area contributed by atoms with Crippen LogP contribution < -0.4 is 10.6 Å². The van der Waals surface area contributed by atoms with E-state index >= 15 is 0 Å². The van der Waals surface area contributed by atoms with E-state index in [-0.39, 0.29) is 18.1 Å². The molecule has 1 aliphatic heterocycles. The Labute approximate surface area is 268 Å². The number of hydrogen-bond acceptors (Lipinski definition) is 7. The molecule has 0 spiro atoms. The standard InChI is InChI=1S/C33H44N6O5S/c1-23-12-15-37(16-13-23)30(42)28(25-10-8-7-9-11-25)38-19-27(34-21-38)36-29(41)26(18-24-14-17-45-20-24)35-31(43)33(5,6)39(22-40)44-32(2,3)4/h7-11,14,17,19-23,26,28H,12-13,15-16,18H2,1-6H3,(H,35,43)(H,36,41)/t26-,28?/m1/s1. The van der Waals surface area contributed by atoms with Crippen molar-refractivity contribution in [3.8, 4) is 0 Å². The number of carbonyl (C=O) groups is 4. The fourth-order valence-corrected chi connectivity index (χ4v) is 5.77. The first-order chi connectivity index (χ1) is 21.3. The van der Waals surface area contributed by atoms with Crippen molar-refractivity contribution in [1.82, 2.24) is 24.8 Å². The van der Waals surface area contributed by atoms with Gasteiger partial charge in [0.05, 0.1) is 11.9 Å². The van der Waals surface area contributed by atoms with Crippen molar-refractivity contribution in [1.29, 1.82) is 0 Å². The Morgan fingerprint density at radius 1 is 1.11 bits per heavy atom. The minimum absolute atomic E-state index is 0.0228. The van der Waals surface area contributed by atoms with Crippen LogP contribution >= 0.6 is 11.3 Å². The molecule has 11 nitrogen and oxygen atoms in total. The number of hydroxylamine groups is 2. The molecule has 4 amide bonds. The SMILES string of the molecule is CC1CCN(C(=O)C(c2ccccc2)n2cnc(NC(=O)[C@@H](Cc3ccsc3)NC(=O)C(C)(C)N(C=O)OC(C)(C)C)c2)CC1. The second-order valence-corrected chi connectivity index (χ2v) is 13.9. The number of thiophene rings is 1. The summed E-state index contributed by atoms with van der Waals surface area (Å²) in [5.41, 5.74) is -0.457. The number of piperidine rings is 1. The molecule has 1 aliphatic rings. The van der Waals surface area contributed by atoms with Crippen LogP contribution in [-0.4, -0.2) is 73.9 Å². The van der Waals surface area contributed by atoms with Gasteiger partial charge in [0, 0.05) is 25.7 Å². The highest BCUT2D eigenvalue weighted by molar-refractivity contribution is 7.07. The number of anilines is 1. The average molecular weight is 637 g/mol. The van der Waals surface area contributed by atoms with Gasteiger partial charge in [-0.2, -0.15) is 11.3 Å². The smallest absolute Gasteiger partial charge is 0.250 e. The van der Waals surface area contributed by atoms with Crippen molar-refractivity contribution in [3.63, 3.8) is 0 Å². The summed E-state index contributed by atoms with van der Waals surface area (Å²) in [7, 11) is 0. The van der Waals surface area contributed by atoms with Crippen LogP contribution in [0.15, 0.2) is 59.7 Å². The van der Waals surface area contributed by atoms with Gasteiger partial charge in [0.25, 0.3) is 0 Å². The lowest BCUT2D eigenvalue weighted by molar-refractivity contribution is -0.247. The summed E-state index contributed by atoms with van der Waals surface area (Å²) in [5, 5.41) is 10.4. The largest absolute Gasteiger partial charge is 0.342 e. The summed E-state index contributed by atoms with van der Waals surface area (Å²) in [6, 6.07) is 9.77. The molecule has 0 aliphatic carbocycles. The second kappa shape index (κ2) is 14.4. The molecule has 242 valence electrons. The van der Waals surface area contributed by atoms with Gasteiger partial charge in [0.15, 0.2) is 5.82 Å². The van der Waals surface area contributed by atoms with E-state index in [0.29, 0.717) is 25.4 Å². The predicted molar refractivity (Wildman–Crippen MR) is 173 cm³/mol. The molecule has 2 N–H and O–H groups in total. The van der Waals surface area contributed by atoms with E-state index in [1.807, 2.05) is 52.1 Å². The Balaban J connectivity index is 1.54. The van der Waals surface area contributed by atoms with Crippen LogP contribution in [0.3, 0.4) is 0 Å². The molecule has 0 bridgehead atoms. The Kier molecular flexibility index (Phi) is 10.8. The van der Waals surface area contributed by atoms with Crippen LogP contribution in [0.5, 0.6) is 0 Å². The monoisotopic (exact) mass is 636 g/mol. The topological polar surface area (TPSA) is 126 Å². The number of amides is 4. The van der Waals surface area contributed by atoms with Gasteiger partial charge in [-0.05, 0) is 81.3 Å². The first-order valence-corrected chi connectivity index (χ1v) is 16.2. The fraction of sp³-hybridized carbons (Fsp3) is 0.485. The fourth-order valence-electron chi connectivity index (χ4n) is 5.09. The first kappa shape index (κ1) is 33.9. The summed E-state index contributed by atoms with van der Waals surface area (Å²) in [6.07, 6.45) is 5.77. The van der Waals surface area contributed by atoms with Crippen LogP contribution in [0.1, 0.15) is 71.6 Å². The third kappa shape index (κ3) is 8.79. The van der Waals surface area contributed by atoms with Crippen molar-refractivity contribution < 1.29 is 24.0 Å². The zero-order chi connectivity index (χ0) is 32.8. The van der Waals surface area contributed by atoms with Crippen molar-refractivity contribution >= 4 is 41.3 Å². The molecule has 0 saturated carbocycles. The lowest BCUT2D eigenvalue weighted by Gasteiger charge is -2.37. The molecule has 0 radical (unpaired) electrons. The predicted octanol–water partition coefficient (Wildman–Crippen LogP) is 4.43. The summed E-state index contributed by atoms with van der Waals surface area (Å²) in [6.45, 7) is 12.0. The number of aromatic nitrogens is 2. The maximum absolute atomic E-state index is 13.8. The van der Waals surface area contributed by atoms with E-state index in [1.54, 1.807) is 51.7 Å². The molecule has 1 fully saturated rings. The van der Waals surface area contributed by atoms with Gasteiger partial charge in [-0.1, -0.05) is 37.3 Å². The number of imidazole rings is 1. The Bertz CT molecular complexity index is 1440. The molecular weight excluding hydrogens is 592 g/mol. The average Bonchev–Trinajstić information content (AvgIpc) is 3.68. The quantitative estimate of drug-likeness (QED) is 0.224. The molecule has 45 heavy (non-hydrogen) atoms. The van der Waals surface area contributed by atoms with Gasteiger partial charge in [-0.3, -0.25) is 24.0 Å². The lowest BCUT2D eigenvalue weighted by atomic mass is 9.97. The summed E-state index contributed by atoms with van der Waals surface area (Å²) >= 11 is 1.48. The Hall–Kier alpha value is -4.03. The van der Waals surface area contributed by atoms with Gasteiger partial charge < -0.3 is 20.1 Å². The highest BCUT2D eigenvalue weighted by Gasteiger charge is 2.39. The molecular formula is C33H44N6O5S. The third-order valence-electron chi connectivity index (χ3n) is 7.81. The van der Waals surface area contributed by atoms with E-state index in [4.69, 9.17) is 4.84 Å².